The summed E-state index contributed by atoms with van der Waals surface area (Å²) in [5.74, 6) is -0.000626. The maximum atomic E-state index is 12.2. The molecule has 0 aliphatic carbocycles. The van der Waals surface area contributed by atoms with Crippen LogP contribution in [0.1, 0.15) is 11.1 Å². The molecule has 29 heavy (non-hydrogen) atoms. The molecule has 1 amide bonds. The average molecular weight is 451 g/mol. The smallest absolute Gasteiger partial charge is 0.270 e. The number of non-ortho nitro benzene ring substituents is 1. The normalized spacial score (nSPS) is 16.6. The summed E-state index contributed by atoms with van der Waals surface area (Å²) < 4.78 is 5.20. The highest BCUT2D eigenvalue weighted by atomic mass is 35.5. The van der Waals surface area contributed by atoms with Crippen molar-refractivity contribution in [2.45, 2.75) is 0 Å². The van der Waals surface area contributed by atoms with Gasteiger partial charge >= 0.3 is 0 Å². The number of amidine groups is 1. The summed E-state index contributed by atoms with van der Waals surface area (Å²) in [6.45, 7) is 0. The summed E-state index contributed by atoms with van der Waals surface area (Å²) in [5, 5.41) is 22.6. The van der Waals surface area contributed by atoms with E-state index >= 15 is 0 Å². The first-order valence-electron chi connectivity index (χ1n) is 7.97. The maximum Gasteiger partial charge on any atom is 0.270 e. The molecule has 0 aromatic heterocycles. The Morgan fingerprint density at radius 3 is 2.69 bits per heavy atom. The third kappa shape index (κ3) is 5.14. The van der Waals surface area contributed by atoms with E-state index in [-0.39, 0.29) is 10.9 Å². The SMILES string of the molecule is COc1ccc([N+](=O)[O-])cc1C=C1S/C(=N/N=Cc2ccc(Cl)cc2Cl)NC1=O. The van der Waals surface area contributed by atoms with E-state index in [2.05, 4.69) is 15.5 Å². The van der Waals surface area contributed by atoms with E-state index in [4.69, 9.17) is 27.9 Å². The molecule has 0 spiro atoms. The number of rotatable bonds is 5. The first-order valence-corrected chi connectivity index (χ1v) is 9.54. The molecule has 1 aliphatic rings. The van der Waals surface area contributed by atoms with E-state index in [0.29, 0.717) is 31.8 Å². The third-order valence-corrected chi connectivity index (χ3v) is 5.13. The number of nitrogens with one attached hydrogen (secondary N) is 1. The number of hydrogen-bond donors (Lipinski definition) is 1. The predicted octanol–water partition coefficient (Wildman–Crippen LogP) is 4.50. The molecular weight excluding hydrogens is 439 g/mol. The zero-order valence-corrected chi connectivity index (χ0v) is 17.1. The largest absolute Gasteiger partial charge is 0.496 e. The minimum atomic E-state index is -0.521. The lowest BCUT2D eigenvalue weighted by molar-refractivity contribution is -0.384. The molecule has 2 aromatic rings. The van der Waals surface area contributed by atoms with Gasteiger partial charge in [0.2, 0.25) is 0 Å². The number of thioether (sulfide) groups is 1. The number of amides is 1. The minimum Gasteiger partial charge on any atom is -0.496 e. The number of benzene rings is 2. The highest BCUT2D eigenvalue weighted by Gasteiger charge is 2.24. The molecule has 0 atom stereocenters. The molecule has 1 heterocycles. The zero-order chi connectivity index (χ0) is 21.0. The van der Waals surface area contributed by atoms with E-state index in [0.717, 1.165) is 11.8 Å². The van der Waals surface area contributed by atoms with Gasteiger partial charge in [0, 0.05) is 28.3 Å². The van der Waals surface area contributed by atoms with Crippen LogP contribution < -0.4 is 10.1 Å². The van der Waals surface area contributed by atoms with Crippen molar-refractivity contribution in [1.82, 2.24) is 5.32 Å². The molecule has 1 N–H and O–H groups in total. The molecule has 0 radical (unpaired) electrons. The van der Waals surface area contributed by atoms with Crippen LogP contribution in [0.2, 0.25) is 10.0 Å². The Balaban J connectivity index is 1.81. The predicted molar refractivity (Wildman–Crippen MR) is 115 cm³/mol. The quantitative estimate of drug-likeness (QED) is 0.312. The molecular formula is C18H12Cl2N4O4S. The van der Waals surface area contributed by atoms with Crippen molar-refractivity contribution in [3.05, 3.63) is 72.6 Å². The molecule has 0 bridgehead atoms. The average Bonchev–Trinajstić information content (AvgIpc) is 3.02. The molecule has 148 valence electrons. The number of nitro groups is 1. The van der Waals surface area contributed by atoms with Crippen molar-refractivity contribution in [3.8, 4) is 5.75 Å². The van der Waals surface area contributed by atoms with Crippen molar-refractivity contribution < 1.29 is 14.5 Å². The van der Waals surface area contributed by atoms with E-state index in [9.17, 15) is 14.9 Å². The van der Waals surface area contributed by atoms with Crippen molar-refractivity contribution in [2.24, 2.45) is 10.2 Å². The second-order valence-corrected chi connectivity index (χ2v) is 7.44. The van der Waals surface area contributed by atoms with Crippen molar-refractivity contribution in [2.75, 3.05) is 7.11 Å². The topological polar surface area (TPSA) is 106 Å². The molecule has 1 fully saturated rings. The summed E-state index contributed by atoms with van der Waals surface area (Å²) in [6.07, 6.45) is 2.93. The van der Waals surface area contributed by atoms with E-state index < -0.39 is 10.8 Å². The number of ether oxygens (including phenoxy) is 1. The Morgan fingerprint density at radius 1 is 1.21 bits per heavy atom. The summed E-state index contributed by atoms with van der Waals surface area (Å²) in [7, 11) is 1.44. The van der Waals surface area contributed by atoms with Gasteiger partial charge in [0.25, 0.3) is 11.6 Å². The first kappa shape index (κ1) is 20.8. The van der Waals surface area contributed by atoms with E-state index in [1.165, 1.54) is 37.6 Å². The number of methoxy groups -OCH3 is 1. The lowest BCUT2D eigenvalue weighted by Gasteiger charge is -2.04. The van der Waals surface area contributed by atoms with Crippen molar-refractivity contribution >= 4 is 64.0 Å². The highest BCUT2D eigenvalue weighted by molar-refractivity contribution is 8.18. The van der Waals surface area contributed by atoms with Crippen LogP contribution in [0.3, 0.4) is 0 Å². The van der Waals surface area contributed by atoms with Crippen LogP contribution >= 0.6 is 35.0 Å². The molecule has 3 rings (SSSR count). The fourth-order valence-corrected chi connectivity index (χ4v) is 3.54. The highest BCUT2D eigenvalue weighted by Crippen LogP contribution is 2.31. The number of carbonyl (C=O) groups is 1. The fourth-order valence-electron chi connectivity index (χ4n) is 2.31. The maximum absolute atomic E-state index is 12.2. The molecule has 11 heteroatoms. The third-order valence-electron chi connectivity index (χ3n) is 3.67. The number of nitro benzene ring substituents is 1. The van der Waals surface area contributed by atoms with Gasteiger partial charge in [-0.25, -0.2) is 0 Å². The molecule has 0 saturated carbocycles. The van der Waals surface area contributed by atoms with E-state index in [1.807, 2.05) is 0 Å². The molecule has 0 unspecified atom stereocenters. The summed E-state index contributed by atoms with van der Waals surface area (Å²) in [4.78, 5) is 23.0. The lowest BCUT2D eigenvalue weighted by atomic mass is 10.1. The van der Waals surface area contributed by atoms with Gasteiger partial charge in [0.05, 0.1) is 28.2 Å². The van der Waals surface area contributed by atoms with Crippen LogP contribution in [0.5, 0.6) is 5.75 Å². The van der Waals surface area contributed by atoms with Gasteiger partial charge in [-0.3, -0.25) is 20.2 Å². The summed E-state index contributed by atoms with van der Waals surface area (Å²) >= 11 is 12.9. The fraction of sp³-hybridized carbons (Fsp3) is 0.0556. The van der Waals surface area contributed by atoms with E-state index in [1.54, 1.807) is 18.2 Å². The van der Waals surface area contributed by atoms with Gasteiger partial charge in [-0.05, 0) is 36.0 Å². The van der Waals surface area contributed by atoms with Gasteiger partial charge in [0.15, 0.2) is 5.17 Å². The van der Waals surface area contributed by atoms with Gasteiger partial charge in [-0.15, -0.1) is 5.10 Å². The molecule has 1 aliphatic heterocycles. The summed E-state index contributed by atoms with van der Waals surface area (Å²) in [5.41, 5.74) is 0.906. The Labute approximate surface area is 179 Å². The summed E-state index contributed by atoms with van der Waals surface area (Å²) in [6, 6.07) is 9.06. The Morgan fingerprint density at radius 2 is 2.00 bits per heavy atom. The standard InChI is InChI=1S/C18H12Cl2N4O4S/c1-28-15-5-4-13(24(26)27)6-11(15)7-16-17(25)22-18(29-16)23-21-9-10-2-3-12(19)8-14(10)20/h2-9H,1H3,(H,22,23,25). The Hall–Kier alpha value is -2.88. The molecule has 2 aromatic carbocycles. The Kier molecular flexibility index (Phi) is 6.53. The number of hydrogen-bond acceptors (Lipinski definition) is 7. The lowest BCUT2D eigenvalue weighted by Crippen LogP contribution is -2.19. The number of halogens is 2. The van der Waals surface area contributed by atoms with Crippen LogP contribution in [0.15, 0.2) is 51.5 Å². The number of nitrogens with zero attached hydrogens (tertiary/aromatic N) is 3. The number of carbonyl (C=O) groups excluding carboxylic acids is 1. The second kappa shape index (κ2) is 9.08. The second-order valence-electron chi connectivity index (χ2n) is 5.56. The van der Waals surface area contributed by atoms with Crippen LogP contribution in [0.25, 0.3) is 6.08 Å². The minimum absolute atomic E-state index is 0.112. The molecule has 8 nitrogen and oxygen atoms in total. The van der Waals surface area contributed by atoms with Crippen molar-refractivity contribution in [3.63, 3.8) is 0 Å². The van der Waals surface area contributed by atoms with Gasteiger partial charge < -0.3 is 4.74 Å². The molecule has 1 saturated heterocycles. The van der Waals surface area contributed by atoms with Crippen LogP contribution in [-0.4, -0.2) is 29.3 Å². The van der Waals surface area contributed by atoms with Gasteiger partial charge in [-0.2, -0.15) is 5.10 Å². The first-order chi connectivity index (χ1) is 13.9. The monoisotopic (exact) mass is 450 g/mol. The van der Waals surface area contributed by atoms with Crippen LogP contribution in [-0.2, 0) is 4.79 Å². The van der Waals surface area contributed by atoms with Crippen molar-refractivity contribution in [1.29, 1.82) is 0 Å². The van der Waals surface area contributed by atoms with Gasteiger partial charge in [-0.1, -0.05) is 29.3 Å². The Bertz CT molecular complexity index is 1090. The van der Waals surface area contributed by atoms with Crippen LogP contribution in [0, 0.1) is 10.1 Å². The zero-order valence-electron chi connectivity index (χ0n) is 14.8. The van der Waals surface area contributed by atoms with Crippen LogP contribution in [0.4, 0.5) is 5.69 Å². The van der Waals surface area contributed by atoms with Gasteiger partial charge in [0.1, 0.15) is 5.75 Å².